The Morgan fingerprint density at radius 2 is 1.20 bits per heavy atom. The molecule has 20 heavy (non-hydrogen) atoms. The van der Waals surface area contributed by atoms with E-state index in [-0.39, 0.29) is 0 Å². The minimum Gasteiger partial charge on any atom is -0.417 e. The molecule has 0 unspecified atom stereocenters. The quantitative estimate of drug-likeness (QED) is 0.208. The van der Waals surface area contributed by atoms with Gasteiger partial charge in [-0.3, -0.25) is 0 Å². The molecule has 0 spiro atoms. The zero-order valence-electron chi connectivity index (χ0n) is 13.9. The van der Waals surface area contributed by atoms with Gasteiger partial charge in [-0.05, 0) is 43.8 Å². The van der Waals surface area contributed by atoms with Crippen LogP contribution in [0.2, 0.25) is 18.1 Å². The highest BCUT2D eigenvalue weighted by Gasteiger charge is 2.27. The lowest BCUT2D eigenvalue weighted by Crippen LogP contribution is -2.36. The lowest BCUT2D eigenvalue weighted by atomic mass is 10.2. The number of hydrogen-bond acceptors (Lipinski definition) is 2. The molecule has 0 saturated heterocycles. The first-order valence-corrected chi connectivity index (χ1v) is 12.2. The van der Waals surface area contributed by atoms with Crippen LogP contribution >= 0.6 is 15.9 Å². The summed E-state index contributed by atoms with van der Waals surface area (Å²) in [6.45, 7) is 9.64. The van der Waals surface area contributed by atoms with Gasteiger partial charge in [0.25, 0.3) is 0 Å². The molecule has 0 N–H and O–H groups in total. The van der Waals surface area contributed by atoms with E-state index in [0.29, 0.717) is 0 Å². The molecule has 4 heteroatoms. The van der Waals surface area contributed by atoms with Gasteiger partial charge in [0.05, 0.1) is 0 Å². The highest BCUT2D eigenvalue weighted by Crippen LogP contribution is 2.21. The Hall–Kier alpha value is 0.617. The van der Waals surface area contributed by atoms with Gasteiger partial charge in [-0.25, -0.2) is 0 Å². The van der Waals surface area contributed by atoms with Crippen LogP contribution in [-0.4, -0.2) is 33.5 Å². The summed E-state index contributed by atoms with van der Waals surface area (Å²) < 4.78 is 11.9. The van der Waals surface area contributed by atoms with Crippen LogP contribution in [0.25, 0.3) is 0 Å². The van der Waals surface area contributed by atoms with E-state index in [1.54, 1.807) is 0 Å². The molecule has 0 radical (unpaired) electrons. The van der Waals surface area contributed by atoms with E-state index in [4.69, 9.17) is 9.16 Å². The predicted octanol–water partition coefficient (Wildman–Crippen LogP) is 5.76. The second-order valence-electron chi connectivity index (χ2n) is 5.51. The topological polar surface area (TPSA) is 18.5 Å². The lowest BCUT2D eigenvalue weighted by molar-refractivity contribution is 0.122. The van der Waals surface area contributed by atoms with Crippen molar-refractivity contribution in [2.45, 2.75) is 77.4 Å². The summed E-state index contributed by atoms with van der Waals surface area (Å²) >= 11 is 3.46. The van der Waals surface area contributed by atoms with E-state index in [9.17, 15) is 0 Å². The first-order valence-electron chi connectivity index (χ1n) is 8.52. The van der Waals surface area contributed by atoms with Crippen molar-refractivity contribution in [2.75, 3.05) is 25.2 Å². The Morgan fingerprint density at radius 1 is 0.700 bits per heavy atom. The molecule has 0 atom stereocenters. The number of halogens is 1. The summed E-state index contributed by atoms with van der Waals surface area (Å²) in [5.74, 6) is 0. The van der Waals surface area contributed by atoms with Crippen LogP contribution < -0.4 is 0 Å². The molecular formula is C16H35BrO2Si. The van der Waals surface area contributed by atoms with Crippen molar-refractivity contribution in [1.29, 1.82) is 0 Å². The third-order valence-corrected chi connectivity index (χ3v) is 9.44. The Morgan fingerprint density at radius 3 is 1.75 bits per heavy atom. The number of hydrogen-bond donors (Lipinski definition) is 0. The molecule has 0 aliphatic heterocycles. The molecule has 0 aromatic rings. The van der Waals surface area contributed by atoms with Crippen molar-refractivity contribution in [1.82, 2.24) is 0 Å². The minimum atomic E-state index is -1.36. The smallest absolute Gasteiger partial charge is 0.191 e. The Bertz CT molecular complexity index is 191. The molecule has 0 bridgehead atoms. The molecule has 0 amide bonds. The maximum absolute atomic E-state index is 6.23. The minimum absolute atomic E-state index is 0.904. The van der Waals surface area contributed by atoms with Crippen molar-refractivity contribution < 1.29 is 9.16 Å². The molecule has 0 aliphatic rings. The van der Waals surface area contributed by atoms with Crippen LogP contribution in [0.3, 0.4) is 0 Å². The molecule has 0 aliphatic carbocycles. The third kappa shape index (κ3) is 10.4. The molecule has 0 fully saturated rings. The van der Waals surface area contributed by atoms with Gasteiger partial charge >= 0.3 is 0 Å². The second-order valence-corrected chi connectivity index (χ2v) is 11.1. The number of alkyl halides is 1. The normalized spacial score (nSPS) is 12.0. The summed E-state index contributed by atoms with van der Waals surface area (Å²) in [6.07, 6.45) is 7.41. The summed E-state index contributed by atoms with van der Waals surface area (Å²) in [4.78, 5) is 0. The van der Waals surface area contributed by atoms with Gasteiger partial charge in [0, 0.05) is 25.2 Å². The van der Waals surface area contributed by atoms with Gasteiger partial charge in [-0.1, -0.05) is 49.5 Å². The van der Waals surface area contributed by atoms with E-state index in [1.807, 2.05) is 0 Å². The third-order valence-electron chi connectivity index (χ3n) is 4.20. The standard InChI is InChI=1S/C16H35BrO2Si/c1-4-20(5-2,6-3)19-16-12-11-15-18-14-10-8-7-9-13-17/h4-16H2,1-3H3. The fourth-order valence-corrected chi connectivity index (χ4v) is 5.49. The Balaban J connectivity index is 3.32. The van der Waals surface area contributed by atoms with Gasteiger partial charge in [-0.2, -0.15) is 0 Å². The molecule has 0 aromatic carbocycles. The van der Waals surface area contributed by atoms with Gasteiger partial charge in [0.2, 0.25) is 0 Å². The maximum Gasteiger partial charge on any atom is 0.191 e. The lowest BCUT2D eigenvalue weighted by Gasteiger charge is -2.27. The zero-order valence-corrected chi connectivity index (χ0v) is 16.5. The summed E-state index contributed by atoms with van der Waals surface area (Å²) in [7, 11) is -1.36. The van der Waals surface area contributed by atoms with Crippen molar-refractivity contribution in [3.05, 3.63) is 0 Å². The van der Waals surface area contributed by atoms with E-state index in [2.05, 4.69) is 36.7 Å². The van der Waals surface area contributed by atoms with Crippen molar-refractivity contribution in [3.63, 3.8) is 0 Å². The number of ether oxygens (including phenoxy) is 1. The summed E-state index contributed by atoms with van der Waals surface area (Å²) in [6, 6.07) is 3.76. The summed E-state index contributed by atoms with van der Waals surface area (Å²) in [5.41, 5.74) is 0. The first kappa shape index (κ1) is 20.6. The molecule has 122 valence electrons. The van der Waals surface area contributed by atoms with E-state index in [1.165, 1.54) is 43.8 Å². The maximum atomic E-state index is 6.23. The molecule has 0 saturated carbocycles. The average molecular weight is 367 g/mol. The molecular weight excluding hydrogens is 332 g/mol. The molecule has 0 rings (SSSR count). The van der Waals surface area contributed by atoms with Gasteiger partial charge in [0.15, 0.2) is 8.32 Å². The molecule has 2 nitrogen and oxygen atoms in total. The van der Waals surface area contributed by atoms with Crippen LogP contribution in [-0.2, 0) is 9.16 Å². The number of unbranched alkanes of at least 4 members (excludes halogenated alkanes) is 4. The zero-order chi connectivity index (χ0) is 15.1. The summed E-state index contributed by atoms with van der Waals surface area (Å²) in [5, 5.41) is 1.13. The first-order chi connectivity index (χ1) is 9.74. The monoisotopic (exact) mass is 366 g/mol. The van der Waals surface area contributed by atoms with E-state index < -0.39 is 8.32 Å². The Kier molecular flexibility index (Phi) is 15.0. The molecule has 0 aromatic heterocycles. The van der Waals surface area contributed by atoms with Crippen LogP contribution in [0.4, 0.5) is 0 Å². The van der Waals surface area contributed by atoms with Crippen molar-refractivity contribution in [2.24, 2.45) is 0 Å². The average Bonchev–Trinajstić information content (AvgIpc) is 2.49. The van der Waals surface area contributed by atoms with Crippen LogP contribution in [0, 0.1) is 0 Å². The SMILES string of the molecule is CC[Si](CC)(CC)OCCCCOCCCCCCBr. The molecule has 0 heterocycles. The number of rotatable bonds is 15. The van der Waals surface area contributed by atoms with Gasteiger partial charge in [-0.15, -0.1) is 0 Å². The Labute approximate surface area is 136 Å². The predicted molar refractivity (Wildman–Crippen MR) is 95.5 cm³/mol. The van der Waals surface area contributed by atoms with Crippen molar-refractivity contribution in [3.8, 4) is 0 Å². The van der Waals surface area contributed by atoms with Crippen molar-refractivity contribution >= 4 is 24.2 Å². The fourth-order valence-electron chi connectivity index (χ4n) is 2.41. The van der Waals surface area contributed by atoms with Crippen LogP contribution in [0.15, 0.2) is 0 Å². The van der Waals surface area contributed by atoms with Crippen LogP contribution in [0.1, 0.15) is 59.3 Å². The van der Waals surface area contributed by atoms with Crippen LogP contribution in [0.5, 0.6) is 0 Å². The van der Waals surface area contributed by atoms with E-state index in [0.717, 1.165) is 38.0 Å². The van der Waals surface area contributed by atoms with Gasteiger partial charge in [0.1, 0.15) is 0 Å². The largest absolute Gasteiger partial charge is 0.417 e. The van der Waals surface area contributed by atoms with Gasteiger partial charge < -0.3 is 9.16 Å². The van der Waals surface area contributed by atoms with E-state index >= 15 is 0 Å². The second kappa shape index (κ2) is 14.5. The highest BCUT2D eigenvalue weighted by molar-refractivity contribution is 9.09. The highest BCUT2D eigenvalue weighted by atomic mass is 79.9. The fraction of sp³-hybridized carbons (Fsp3) is 1.00.